The fraction of sp³-hybridized carbons (Fsp3) is 0.732. The van der Waals surface area contributed by atoms with Crippen molar-refractivity contribution in [1.29, 1.82) is 0 Å². The molecule has 0 bridgehead atoms. The maximum absolute atomic E-state index is 14.3. The quantitative estimate of drug-likeness (QED) is 0.0174. The number of likely N-dealkylation sites (tertiary alicyclic amines) is 1. The van der Waals surface area contributed by atoms with Crippen LogP contribution in [0.1, 0.15) is 144 Å². The Labute approximate surface area is 515 Å². The number of nitrogens with two attached hydrogens (primary N) is 8. The fourth-order valence-corrected chi connectivity index (χ4v) is 10.0. The van der Waals surface area contributed by atoms with E-state index in [1.165, 1.54) is 30.5 Å². The molecule has 0 aromatic rings. The van der Waals surface area contributed by atoms with Crippen LogP contribution in [-0.4, -0.2) is 188 Å². The number of ether oxygens (including phenoxy) is 1. The molecule has 0 unspecified atom stereocenters. The summed E-state index contributed by atoms with van der Waals surface area (Å²) in [5.74, 6) is -9.30. The number of nitrogens with one attached hydrogen (secondary N) is 5. The van der Waals surface area contributed by atoms with Gasteiger partial charge in [0.05, 0.1) is 30.7 Å². The Balaban J connectivity index is 3.19. The Morgan fingerprint density at radius 2 is 1.10 bits per heavy atom. The van der Waals surface area contributed by atoms with Crippen LogP contribution in [0.2, 0.25) is 0 Å². The largest absolute Gasteiger partial charge is 0.372 e. The monoisotopic (exact) mass is 1250 g/mol. The van der Waals surface area contributed by atoms with Gasteiger partial charge in [-0.15, -0.1) is 0 Å². The van der Waals surface area contributed by atoms with Gasteiger partial charge in [0.1, 0.15) is 12.6 Å². The van der Waals surface area contributed by atoms with Crippen LogP contribution in [0.25, 0.3) is 0 Å². The lowest BCUT2D eigenvalue weighted by Crippen LogP contribution is -2.52. The normalized spacial score (nSPS) is 15.2. The molecule has 0 spiro atoms. The van der Waals surface area contributed by atoms with Crippen molar-refractivity contribution in [2.24, 2.45) is 89.5 Å². The highest BCUT2D eigenvalue weighted by Crippen LogP contribution is 2.22. The van der Waals surface area contributed by atoms with Gasteiger partial charge in [0.15, 0.2) is 52.8 Å². The predicted molar refractivity (Wildman–Crippen MR) is 334 cm³/mol. The van der Waals surface area contributed by atoms with Gasteiger partial charge < -0.3 is 82.1 Å². The summed E-state index contributed by atoms with van der Waals surface area (Å²) in [5.41, 5.74) is 44.0. The third kappa shape index (κ3) is 33.9. The van der Waals surface area contributed by atoms with Gasteiger partial charge in [-0.3, -0.25) is 72.7 Å². The van der Waals surface area contributed by atoms with Crippen LogP contribution in [-0.2, 0) is 57.5 Å². The van der Waals surface area contributed by atoms with Gasteiger partial charge in [-0.25, -0.2) is 0 Å². The van der Waals surface area contributed by atoms with Crippen molar-refractivity contribution < 1.29 is 57.5 Å². The Morgan fingerprint density at radius 3 is 1.61 bits per heavy atom. The number of nitrogens with zero attached hydrogens (tertiary/aromatic N) is 5. The summed E-state index contributed by atoms with van der Waals surface area (Å²) in [7, 11) is 0. The molecule has 0 radical (unpaired) electrons. The summed E-state index contributed by atoms with van der Waals surface area (Å²) in [6.07, 6.45) is 3.55. The van der Waals surface area contributed by atoms with Crippen molar-refractivity contribution in [1.82, 2.24) is 31.5 Å². The molecule has 0 aromatic carbocycles. The Kier molecular flexibility index (Phi) is 38.5. The second-order valence-electron chi connectivity index (χ2n) is 22.2. The number of amides is 6. The number of hydrogen-bond donors (Lipinski definition) is 13. The summed E-state index contributed by atoms with van der Waals surface area (Å²) in [6, 6.07) is -4.85. The van der Waals surface area contributed by atoms with Crippen LogP contribution in [0.3, 0.4) is 0 Å². The molecule has 30 nitrogen and oxygen atoms in total. The van der Waals surface area contributed by atoms with Crippen LogP contribution in [0.15, 0.2) is 20.0 Å². The van der Waals surface area contributed by atoms with Crippen LogP contribution < -0.4 is 72.5 Å². The van der Waals surface area contributed by atoms with Gasteiger partial charge in [-0.1, -0.05) is 27.7 Å². The zero-order valence-electron chi connectivity index (χ0n) is 51.7. The van der Waals surface area contributed by atoms with E-state index >= 15 is 0 Å². The van der Waals surface area contributed by atoms with Crippen molar-refractivity contribution in [3.05, 3.63) is 0 Å². The molecule has 31 heteroatoms. The first kappa shape index (κ1) is 77.6. The minimum atomic E-state index is -1.22. The van der Waals surface area contributed by atoms with Crippen molar-refractivity contribution in [2.75, 3.05) is 64.5 Å². The predicted octanol–water partition coefficient (Wildman–Crippen LogP) is -2.23. The highest BCUT2D eigenvalue weighted by atomic mass is 32.2. The molecule has 1 heterocycles. The van der Waals surface area contributed by atoms with Crippen molar-refractivity contribution in [2.45, 2.75) is 174 Å². The molecule has 21 N–H and O–H groups in total. The maximum atomic E-state index is 14.3. The smallest absolute Gasteiger partial charge is 0.249 e. The molecular weight excluding hydrogens is 1150 g/mol. The van der Waals surface area contributed by atoms with Crippen LogP contribution in [0, 0.1) is 23.7 Å². The fourth-order valence-electron chi connectivity index (χ4n) is 9.44. The second-order valence-corrected chi connectivity index (χ2v) is 23.1. The van der Waals surface area contributed by atoms with Crippen molar-refractivity contribution in [3.63, 3.8) is 0 Å². The first-order valence-electron chi connectivity index (χ1n) is 29.8. The third-order valence-corrected chi connectivity index (χ3v) is 14.7. The van der Waals surface area contributed by atoms with Gasteiger partial charge in [-0.2, -0.15) is 11.8 Å². The van der Waals surface area contributed by atoms with Crippen molar-refractivity contribution >= 4 is 100.0 Å². The summed E-state index contributed by atoms with van der Waals surface area (Å²) in [4.78, 5) is 166. The van der Waals surface area contributed by atoms with Crippen molar-refractivity contribution in [3.8, 4) is 0 Å². The number of rotatable bonds is 47. The van der Waals surface area contributed by atoms with Gasteiger partial charge >= 0.3 is 0 Å². The summed E-state index contributed by atoms with van der Waals surface area (Å²) < 4.78 is 5.40. The van der Waals surface area contributed by atoms with Gasteiger partial charge in [0.25, 0.3) is 0 Å². The molecule has 8 atom stereocenters. The highest BCUT2D eigenvalue weighted by Gasteiger charge is 2.37. The lowest BCUT2D eigenvalue weighted by Gasteiger charge is -2.27. The summed E-state index contributed by atoms with van der Waals surface area (Å²) in [6.45, 7) is 9.09. The van der Waals surface area contributed by atoms with E-state index in [4.69, 9.17) is 50.6 Å². The molecule has 1 fully saturated rings. The summed E-state index contributed by atoms with van der Waals surface area (Å²) >= 11 is 1.27. The first-order chi connectivity index (χ1) is 41.1. The first-order valence-corrected chi connectivity index (χ1v) is 31.2. The zero-order valence-corrected chi connectivity index (χ0v) is 52.6. The van der Waals surface area contributed by atoms with Gasteiger partial charge in [0.2, 0.25) is 35.4 Å². The van der Waals surface area contributed by atoms with Crippen LogP contribution in [0.4, 0.5) is 0 Å². The second kappa shape index (κ2) is 43.2. The number of carbonyl (C=O) groups is 11. The van der Waals surface area contributed by atoms with E-state index in [0.29, 0.717) is 38.8 Å². The molecule has 6 amide bonds. The molecule has 1 rings (SSSR count). The highest BCUT2D eigenvalue weighted by molar-refractivity contribution is 7.98. The minimum absolute atomic E-state index is 0.00134. The van der Waals surface area contributed by atoms with Gasteiger partial charge in [-0.05, 0) is 96.1 Å². The van der Waals surface area contributed by atoms with E-state index in [9.17, 15) is 52.7 Å². The average Bonchev–Trinajstić information content (AvgIpc) is 3.94. The van der Waals surface area contributed by atoms with E-state index < -0.39 is 114 Å². The van der Waals surface area contributed by atoms with Gasteiger partial charge in [0, 0.05) is 94.9 Å². The molecule has 1 saturated heterocycles. The zero-order chi connectivity index (χ0) is 65.6. The lowest BCUT2D eigenvalue weighted by molar-refractivity contribution is -0.142. The number of aliphatic imine (C=N–C) groups is 4. The van der Waals surface area contributed by atoms with E-state index in [1.807, 2.05) is 20.8 Å². The number of Topliss-reactive ketones (excluding diaryl/α,β-unsaturated/α-hetero) is 5. The molecule has 87 heavy (non-hydrogen) atoms. The molecule has 492 valence electrons. The average molecular weight is 1250 g/mol. The van der Waals surface area contributed by atoms with E-state index in [0.717, 1.165) is 6.42 Å². The third-order valence-electron chi connectivity index (χ3n) is 14.0. The molecule has 0 aromatic heterocycles. The minimum Gasteiger partial charge on any atom is -0.372 e. The number of thioether (sulfide) groups is 1. The number of carbonyl (C=O) groups excluding carboxylic acids is 11. The Hall–Kier alpha value is -7.44. The number of guanidine groups is 4. The molecule has 1 aliphatic rings. The van der Waals surface area contributed by atoms with E-state index in [2.05, 4.69) is 46.6 Å². The van der Waals surface area contributed by atoms with E-state index in [-0.39, 0.29) is 150 Å². The van der Waals surface area contributed by atoms with Crippen LogP contribution in [0.5, 0.6) is 0 Å². The lowest BCUT2D eigenvalue weighted by atomic mass is 9.90. The Morgan fingerprint density at radius 1 is 0.598 bits per heavy atom. The van der Waals surface area contributed by atoms with E-state index in [1.54, 1.807) is 6.26 Å². The molecule has 0 saturated carbocycles. The van der Waals surface area contributed by atoms with Crippen LogP contribution >= 0.6 is 11.8 Å². The number of hydrogen-bond acceptors (Lipinski definition) is 17. The standard InChI is InChI=1S/C56H100N18O12S/c1-7-25-86-31-48(81)74-24-12-17-43(74)52(85)73-41(26-33(2)3)44(77)18-19-47(80)70-42(32-87-6)45(78)27-34(4)49(82)69-30-38(76)28-36(13-8-20-65-53(57)58)50(83)72-40(16-11-23-68-56(63)64)46(79)29-37(14-9-21-66-54(59)60)51(84)71-39(35(5)75)15-10-22-67-55(61)62/h33-34,36-37,39-43H,7-32H2,1-6H3,(H,69,82)(H,70,80)(H,71,84)(H,72,83)(H,73,85)(H4,57,58,65)(H4,59,60,66)(H4,61,62,67)(H4,63,64,68)/t34-,36+,37+,39-,40-,41+,42+,43+/m1/s1. The Bertz CT molecular complexity index is 2390. The molecule has 1 aliphatic heterocycles. The SMILES string of the molecule is CCCOCC(=O)N1CCC[C@H]1C(=O)N[C@@H](CC(C)C)C(=O)CCC(=O)N[C@@H](CSC)C(=O)C[C@@H](C)C(=O)NCC(=O)C[C@H](CCCN=C(N)N)C(=O)N[C@H](CCCN=C(N)N)C(=O)C[C@H](CCCN=C(N)N)C(=O)N[C@H](CCCN=C(N)N)C(C)=O. The summed E-state index contributed by atoms with van der Waals surface area (Å²) in [5, 5.41) is 13.5. The molecule has 0 aliphatic carbocycles. The molecular formula is C56H100N18O12S. The topological polar surface area (TPSA) is 518 Å². The number of ketones is 5. The maximum Gasteiger partial charge on any atom is 0.249 e.